The van der Waals surface area contributed by atoms with E-state index < -0.39 is 6.10 Å². The summed E-state index contributed by atoms with van der Waals surface area (Å²) in [6.07, 6.45) is -0.528. The number of benzene rings is 1. The highest BCUT2D eigenvalue weighted by Crippen LogP contribution is 2.16. The second-order valence-electron chi connectivity index (χ2n) is 5.28. The molecule has 1 heterocycles. The van der Waals surface area contributed by atoms with Crippen molar-refractivity contribution in [2.75, 3.05) is 19.0 Å². The number of carbonyl (C=O) groups is 2. The number of carbonyl (C=O) groups excluding carboxylic acids is 2. The lowest BCUT2D eigenvalue weighted by atomic mass is 10.1. The molecule has 2 rings (SSSR count). The molecule has 0 aliphatic carbocycles. The monoisotopic (exact) mass is 327 g/mol. The van der Waals surface area contributed by atoms with E-state index >= 15 is 0 Å². The zero-order chi connectivity index (χ0) is 17.4. The molecular weight excluding hydrogens is 306 g/mol. The number of nitrogens with one attached hydrogen (secondary N) is 2. The van der Waals surface area contributed by atoms with Crippen LogP contribution < -0.4 is 10.6 Å². The van der Waals surface area contributed by atoms with Crippen molar-refractivity contribution in [2.24, 2.45) is 0 Å². The van der Waals surface area contributed by atoms with Crippen LogP contribution in [0.5, 0.6) is 0 Å². The maximum Gasteiger partial charge on any atom is 0.253 e. The third-order valence-corrected chi connectivity index (χ3v) is 3.38. The predicted octanol–water partition coefficient (Wildman–Crippen LogP) is 2.22. The number of amides is 2. The normalized spacial score (nSPS) is 11.6. The number of nitrogens with zero attached hydrogens (tertiary/aromatic N) is 1. The molecule has 2 N–H and O–H groups in total. The highest BCUT2D eigenvalue weighted by atomic mass is 16.5. The number of aryl methyl sites for hydroxylation is 1. The van der Waals surface area contributed by atoms with Gasteiger partial charge in [-0.1, -0.05) is 36.4 Å². The molecule has 24 heavy (non-hydrogen) atoms. The number of ether oxygens (including phenoxy) is 1. The van der Waals surface area contributed by atoms with Crippen molar-refractivity contribution in [3.8, 4) is 0 Å². The minimum absolute atomic E-state index is 0.159. The molecule has 0 bridgehead atoms. The topological polar surface area (TPSA) is 80.3 Å². The first-order chi connectivity index (χ1) is 11.6. The van der Waals surface area contributed by atoms with Crippen molar-refractivity contribution in [2.45, 2.75) is 19.4 Å². The average molecular weight is 327 g/mol. The third-order valence-electron chi connectivity index (χ3n) is 3.38. The van der Waals surface area contributed by atoms with Gasteiger partial charge in [-0.2, -0.15) is 0 Å². The van der Waals surface area contributed by atoms with E-state index in [0.29, 0.717) is 5.82 Å². The Morgan fingerprint density at radius 2 is 1.88 bits per heavy atom. The maximum absolute atomic E-state index is 12.2. The first-order valence-corrected chi connectivity index (χ1v) is 7.69. The van der Waals surface area contributed by atoms with Crippen LogP contribution in [0, 0.1) is 6.92 Å². The van der Waals surface area contributed by atoms with E-state index in [2.05, 4.69) is 15.6 Å². The standard InChI is InChI=1S/C18H21N3O3/c1-13-7-6-10-15(20-13)21-16(22)11-12-19-18(23)17(24-2)14-8-4-3-5-9-14/h3-10,17H,11-12H2,1-2H3,(H,19,23)(H,20,21,22)/t17-/m0/s1. The molecule has 0 radical (unpaired) electrons. The molecule has 6 heteroatoms. The Labute approximate surface area is 141 Å². The van der Waals surface area contributed by atoms with Crippen molar-refractivity contribution in [3.05, 3.63) is 59.8 Å². The van der Waals surface area contributed by atoms with Crippen molar-refractivity contribution >= 4 is 17.6 Å². The predicted molar refractivity (Wildman–Crippen MR) is 91.4 cm³/mol. The zero-order valence-corrected chi connectivity index (χ0v) is 13.8. The summed E-state index contributed by atoms with van der Waals surface area (Å²) in [5, 5.41) is 5.41. The molecule has 0 aliphatic heterocycles. The summed E-state index contributed by atoms with van der Waals surface area (Å²) in [5.41, 5.74) is 1.60. The largest absolute Gasteiger partial charge is 0.367 e. The van der Waals surface area contributed by atoms with Gasteiger partial charge in [0.25, 0.3) is 5.91 Å². The van der Waals surface area contributed by atoms with E-state index in [-0.39, 0.29) is 24.8 Å². The van der Waals surface area contributed by atoms with Crippen LogP contribution in [-0.2, 0) is 14.3 Å². The van der Waals surface area contributed by atoms with Crippen LogP contribution in [0.15, 0.2) is 48.5 Å². The molecule has 2 amide bonds. The van der Waals surface area contributed by atoms with Crippen molar-refractivity contribution in [1.82, 2.24) is 10.3 Å². The van der Waals surface area contributed by atoms with Gasteiger partial charge in [-0.05, 0) is 24.6 Å². The van der Waals surface area contributed by atoms with Crippen LogP contribution in [-0.4, -0.2) is 30.5 Å². The molecule has 6 nitrogen and oxygen atoms in total. The number of hydrogen-bond donors (Lipinski definition) is 2. The summed E-state index contributed by atoms with van der Waals surface area (Å²) in [6, 6.07) is 14.6. The van der Waals surface area contributed by atoms with E-state index in [9.17, 15) is 9.59 Å². The fourth-order valence-corrected chi connectivity index (χ4v) is 2.23. The Balaban J connectivity index is 1.80. The van der Waals surface area contributed by atoms with Crippen LogP contribution >= 0.6 is 0 Å². The van der Waals surface area contributed by atoms with E-state index in [1.807, 2.05) is 49.4 Å². The maximum atomic E-state index is 12.2. The Hall–Kier alpha value is -2.73. The van der Waals surface area contributed by atoms with Gasteiger partial charge in [0, 0.05) is 25.8 Å². The molecule has 1 aromatic carbocycles. The second-order valence-corrected chi connectivity index (χ2v) is 5.28. The van der Waals surface area contributed by atoms with Gasteiger partial charge < -0.3 is 15.4 Å². The minimum atomic E-state index is -0.687. The average Bonchev–Trinajstić information content (AvgIpc) is 2.56. The molecule has 0 unspecified atom stereocenters. The van der Waals surface area contributed by atoms with Crippen molar-refractivity contribution in [3.63, 3.8) is 0 Å². The summed E-state index contributed by atoms with van der Waals surface area (Å²) in [6.45, 7) is 2.08. The molecular formula is C18H21N3O3. The lowest BCUT2D eigenvalue weighted by Gasteiger charge is -2.15. The molecule has 1 aromatic heterocycles. The van der Waals surface area contributed by atoms with Gasteiger partial charge in [-0.15, -0.1) is 0 Å². The number of methoxy groups -OCH3 is 1. The van der Waals surface area contributed by atoms with Gasteiger partial charge in [0.1, 0.15) is 5.82 Å². The quantitative estimate of drug-likeness (QED) is 0.817. The number of aromatic nitrogens is 1. The smallest absolute Gasteiger partial charge is 0.253 e. The molecule has 1 atom stereocenters. The van der Waals surface area contributed by atoms with Gasteiger partial charge in [0.2, 0.25) is 5.91 Å². The van der Waals surface area contributed by atoms with Gasteiger partial charge in [-0.25, -0.2) is 4.98 Å². The van der Waals surface area contributed by atoms with E-state index in [0.717, 1.165) is 11.3 Å². The molecule has 0 aliphatic rings. The first-order valence-electron chi connectivity index (χ1n) is 7.69. The van der Waals surface area contributed by atoms with Gasteiger partial charge in [0.05, 0.1) is 0 Å². The molecule has 0 saturated heterocycles. The van der Waals surface area contributed by atoms with Crippen LogP contribution in [0.1, 0.15) is 23.8 Å². The Bertz CT molecular complexity index is 689. The second kappa shape index (κ2) is 8.79. The minimum Gasteiger partial charge on any atom is -0.367 e. The summed E-state index contributed by atoms with van der Waals surface area (Å²) >= 11 is 0. The molecule has 2 aromatic rings. The summed E-state index contributed by atoms with van der Waals surface area (Å²) in [5.74, 6) is 0.0256. The zero-order valence-electron chi connectivity index (χ0n) is 13.8. The SMILES string of the molecule is CO[C@H](C(=O)NCCC(=O)Nc1cccc(C)n1)c1ccccc1. The van der Waals surface area contributed by atoms with Crippen molar-refractivity contribution in [1.29, 1.82) is 0 Å². The third kappa shape index (κ3) is 5.17. The van der Waals surface area contributed by atoms with Crippen LogP contribution in [0.4, 0.5) is 5.82 Å². The number of rotatable bonds is 7. The fraction of sp³-hybridized carbons (Fsp3) is 0.278. The lowest BCUT2D eigenvalue weighted by Crippen LogP contribution is -2.32. The van der Waals surface area contributed by atoms with Crippen LogP contribution in [0.2, 0.25) is 0 Å². The fourth-order valence-electron chi connectivity index (χ4n) is 2.23. The Morgan fingerprint density at radius 1 is 1.12 bits per heavy atom. The van der Waals surface area contributed by atoms with E-state index in [1.54, 1.807) is 6.07 Å². The Morgan fingerprint density at radius 3 is 2.54 bits per heavy atom. The number of pyridine rings is 1. The highest BCUT2D eigenvalue weighted by molar-refractivity contribution is 5.90. The lowest BCUT2D eigenvalue weighted by molar-refractivity contribution is -0.131. The van der Waals surface area contributed by atoms with Crippen LogP contribution in [0.3, 0.4) is 0 Å². The van der Waals surface area contributed by atoms with Gasteiger partial charge >= 0.3 is 0 Å². The molecule has 0 fully saturated rings. The first kappa shape index (κ1) is 17.6. The Kier molecular flexibility index (Phi) is 6.45. The molecule has 0 saturated carbocycles. The molecule has 126 valence electrons. The van der Waals surface area contributed by atoms with E-state index in [4.69, 9.17) is 4.74 Å². The number of anilines is 1. The highest BCUT2D eigenvalue weighted by Gasteiger charge is 2.19. The van der Waals surface area contributed by atoms with Gasteiger partial charge in [0.15, 0.2) is 6.10 Å². The summed E-state index contributed by atoms with van der Waals surface area (Å²) < 4.78 is 5.24. The summed E-state index contributed by atoms with van der Waals surface area (Å²) in [7, 11) is 1.48. The molecule has 0 spiro atoms. The summed E-state index contributed by atoms with van der Waals surface area (Å²) in [4.78, 5) is 28.3. The van der Waals surface area contributed by atoms with E-state index in [1.165, 1.54) is 7.11 Å². The number of hydrogen-bond acceptors (Lipinski definition) is 4. The van der Waals surface area contributed by atoms with Gasteiger partial charge in [-0.3, -0.25) is 9.59 Å². The van der Waals surface area contributed by atoms with Crippen LogP contribution in [0.25, 0.3) is 0 Å². The van der Waals surface area contributed by atoms with Crippen molar-refractivity contribution < 1.29 is 14.3 Å².